The van der Waals surface area contributed by atoms with Crippen molar-refractivity contribution in [2.75, 3.05) is 74.6 Å². The number of imide groups is 1. The zero-order valence-corrected chi connectivity index (χ0v) is 34.6. The van der Waals surface area contributed by atoms with Crippen molar-refractivity contribution in [3.8, 4) is 5.75 Å². The quantitative estimate of drug-likeness (QED) is 0.187. The highest BCUT2D eigenvalue weighted by Crippen LogP contribution is 2.36. The fourth-order valence-corrected chi connectivity index (χ4v) is 8.79. The van der Waals surface area contributed by atoms with Crippen LogP contribution >= 0.6 is 11.6 Å². The second-order valence-electron chi connectivity index (χ2n) is 16.0. The van der Waals surface area contributed by atoms with E-state index in [1.807, 2.05) is 32.0 Å². The fourth-order valence-electron chi connectivity index (χ4n) is 8.65. The Balaban J connectivity index is 0.856. The lowest BCUT2D eigenvalue weighted by Gasteiger charge is -2.39. The molecule has 0 radical (unpaired) electrons. The lowest BCUT2D eigenvalue weighted by molar-refractivity contribution is -0.137. The van der Waals surface area contributed by atoms with Gasteiger partial charge in [-0.2, -0.15) is 4.98 Å². The number of fused-ring (bicyclic) bond motifs is 2. The molecule has 2 aromatic heterocycles. The number of aromatic nitrogens is 3. The molecule has 18 heteroatoms. The van der Waals surface area contributed by atoms with Crippen LogP contribution in [-0.2, 0) is 20.9 Å². The molecule has 3 fully saturated rings. The van der Waals surface area contributed by atoms with Gasteiger partial charge in [0.25, 0.3) is 17.4 Å². The van der Waals surface area contributed by atoms with Crippen molar-refractivity contribution in [3.05, 3.63) is 74.9 Å². The van der Waals surface area contributed by atoms with Crippen LogP contribution in [0.3, 0.4) is 0 Å². The summed E-state index contributed by atoms with van der Waals surface area (Å²) in [5.41, 5.74) is 2.16. The molecule has 3 N–H and O–H groups in total. The molecule has 2 aromatic carbocycles. The molecule has 16 nitrogen and oxygen atoms in total. The second-order valence-corrected chi connectivity index (χ2v) is 16.5. The summed E-state index contributed by atoms with van der Waals surface area (Å²) in [6.07, 6.45) is 3.78. The number of pyridine rings is 1. The molecule has 4 aliphatic heterocycles. The van der Waals surface area contributed by atoms with Crippen molar-refractivity contribution < 1.29 is 28.3 Å². The first-order valence-corrected chi connectivity index (χ1v) is 20.8. The molecule has 4 aliphatic rings. The summed E-state index contributed by atoms with van der Waals surface area (Å²) in [4.78, 5) is 79.7. The molecule has 4 aromatic rings. The normalized spacial score (nSPS) is 18.9. The molecule has 1 atom stereocenters. The Bertz CT molecular complexity index is 2410. The van der Waals surface area contributed by atoms with Gasteiger partial charge in [0, 0.05) is 87.5 Å². The third kappa shape index (κ3) is 8.19. The van der Waals surface area contributed by atoms with Crippen molar-refractivity contribution in [2.45, 2.75) is 58.2 Å². The van der Waals surface area contributed by atoms with Gasteiger partial charge < -0.3 is 34.6 Å². The van der Waals surface area contributed by atoms with Gasteiger partial charge in [-0.05, 0) is 75.4 Å². The van der Waals surface area contributed by atoms with E-state index in [1.165, 1.54) is 11.9 Å². The van der Waals surface area contributed by atoms with E-state index in [9.17, 15) is 24.0 Å². The van der Waals surface area contributed by atoms with E-state index in [2.05, 4.69) is 35.6 Å². The van der Waals surface area contributed by atoms with Crippen LogP contribution in [0.2, 0.25) is 5.02 Å². The number of amides is 4. The van der Waals surface area contributed by atoms with Crippen LogP contribution < -0.4 is 36.0 Å². The molecule has 316 valence electrons. The minimum absolute atomic E-state index is 0.00963. The topological polar surface area (TPSA) is 174 Å². The summed E-state index contributed by atoms with van der Waals surface area (Å²) in [6, 6.07) is 9.64. The smallest absolute Gasteiger partial charge is 0.293 e. The first-order chi connectivity index (χ1) is 28.9. The van der Waals surface area contributed by atoms with Crippen molar-refractivity contribution in [1.82, 2.24) is 35.0 Å². The largest absolute Gasteiger partial charge is 0.478 e. The van der Waals surface area contributed by atoms with Gasteiger partial charge in [0.05, 0.1) is 23.9 Å². The molecule has 60 heavy (non-hydrogen) atoms. The Kier molecular flexibility index (Phi) is 11.6. The third-order valence-electron chi connectivity index (χ3n) is 11.9. The molecule has 3 saturated heterocycles. The average molecular weight is 843 g/mol. The van der Waals surface area contributed by atoms with Crippen LogP contribution in [0.1, 0.15) is 61.5 Å². The Labute approximate surface area is 351 Å². The third-order valence-corrected chi connectivity index (χ3v) is 12.2. The van der Waals surface area contributed by atoms with Crippen LogP contribution in [0.15, 0.2) is 47.4 Å². The number of nitrogens with zero attached hydrogens (tertiary/aromatic N) is 7. The highest BCUT2D eigenvalue weighted by atomic mass is 35.5. The zero-order valence-electron chi connectivity index (χ0n) is 33.8. The summed E-state index contributed by atoms with van der Waals surface area (Å²) < 4.78 is 23.2. The lowest BCUT2D eigenvalue weighted by Crippen LogP contribution is -2.52. The minimum atomic E-state index is -0.785. The number of halogens is 2. The molecule has 8 rings (SSSR count). The maximum atomic E-state index is 16.0. The number of piperazine rings is 1. The monoisotopic (exact) mass is 842 g/mol. The van der Waals surface area contributed by atoms with E-state index in [0.717, 1.165) is 56.5 Å². The van der Waals surface area contributed by atoms with Gasteiger partial charge in [0.1, 0.15) is 11.1 Å². The average Bonchev–Trinajstić information content (AvgIpc) is 3.57. The van der Waals surface area contributed by atoms with Crippen molar-refractivity contribution in [2.24, 2.45) is 5.92 Å². The van der Waals surface area contributed by atoms with Crippen LogP contribution in [-0.4, -0.2) is 113 Å². The van der Waals surface area contributed by atoms with Crippen molar-refractivity contribution >= 4 is 69.3 Å². The standard InChI is InChI=1S/C42H48ClFN10O6/c1-24(2)54-31-6-4-27(18-26(31)19-34(41(54)59)60-23-36(56)45-3)47-38-30(43)20-46-42(49-38)52-16-14-50(15-17-52)21-25-10-12-51(13-11-25)32-7-5-28-29(37(32)44)22-53(40(28)58)33-8-9-35(55)48-39(33)57/h4-7,18-20,24-25,33H,8-17,21-23H2,1-3H3,(H,45,56)(H,46,47,49)(H,48,55,57). The Morgan fingerprint density at radius 1 is 1.00 bits per heavy atom. The summed E-state index contributed by atoms with van der Waals surface area (Å²) in [6.45, 7) is 9.01. The van der Waals surface area contributed by atoms with E-state index in [-0.39, 0.29) is 66.6 Å². The summed E-state index contributed by atoms with van der Waals surface area (Å²) in [5.74, 6) is -0.470. The maximum Gasteiger partial charge on any atom is 0.293 e. The SMILES string of the molecule is CNC(=O)COc1cc2cc(Nc3nc(N4CCN(CC5CCN(c6ccc7c(c6F)CN(C6CCC(=O)NC6=O)C7=O)CC5)CC4)ncc3Cl)ccc2n(C(C)C)c1=O. The molecular formula is C42H48ClFN10O6. The van der Waals surface area contributed by atoms with Crippen molar-refractivity contribution in [1.29, 1.82) is 0 Å². The lowest BCUT2D eigenvalue weighted by atomic mass is 9.95. The number of carbonyl (C=O) groups is 4. The Morgan fingerprint density at radius 2 is 1.77 bits per heavy atom. The molecule has 6 heterocycles. The number of nitrogens with one attached hydrogen (secondary N) is 3. The molecule has 4 amide bonds. The van der Waals surface area contributed by atoms with E-state index in [1.54, 1.807) is 29.0 Å². The molecule has 1 unspecified atom stereocenters. The van der Waals surface area contributed by atoms with Crippen LogP contribution in [0.5, 0.6) is 5.75 Å². The van der Waals surface area contributed by atoms with Gasteiger partial charge in [-0.15, -0.1) is 0 Å². The predicted molar refractivity (Wildman–Crippen MR) is 225 cm³/mol. The number of piperidine rings is 2. The molecular weight excluding hydrogens is 795 g/mol. The summed E-state index contributed by atoms with van der Waals surface area (Å²) in [5, 5.41) is 9.20. The van der Waals surface area contributed by atoms with Gasteiger partial charge in [-0.25, -0.2) is 9.37 Å². The Hall–Kier alpha value is -5.81. The molecule has 0 aliphatic carbocycles. The minimum Gasteiger partial charge on any atom is -0.478 e. The number of benzene rings is 2. The van der Waals surface area contributed by atoms with E-state index < -0.39 is 17.8 Å². The highest BCUT2D eigenvalue weighted by molar-refractivity contribution is 6.33. The number of hydrogen-bond donors (Lipinski definition) is 3. The van der Waals surface area contributed by atoms with Gasteiger partial charge in [-0.1, -0.05) is 11.6 Å². The fraction of sp³-hybridized carbons (Fsp3) is 0.452. The van der Waals surface area contributed by atoms with Gasteiger partial charge in [0.15, 0.2) is 24.0 Å². The van der Waals surface area contributed by atoms with Gasteiger partial charge in [0.2, 0.25) is 17.8 Å². The number of rotatable bonds is 11. The summed E-state index contributed by atoms with van der Waals surface area (Å²) in [7, 11) is 1.51. The number of hydrogen-bond acceptors (Lipinski definition) is 12. The van der Waals surface area contributed by atoms with Gasteiger partial charge >= 0.3 is 0 Å². The highest BCUT2D eigenvalue weighted by Gasteiger charge is 2.41. The van der Waals surface area contributed by atoms with Crippen LogP contribution in [0, 0.1) is 11.7 Å². The van der Waals surface area contributed by atoms with Gasteiger partial charge in [-0.3, -0.25) is 34.2 Å². The second kappa shape index (κ2) is 17.0. The molecule has 0 spiro atoms. The first-order valence-electron chi connectivity index (χ1n) is 20.4. The zero-order chi connectivity index (χ0) is 42.2. The van der Waals surface area contributed by atoms with E-state index in [4.69, 9.17) is 21.3 Å². The van der Waals surface area contributed by atoms with E-state index >= 15 is 4.39 Å². The number of ether oxygens (including phenoxy) is 1. The molecule has 0 bridgehead atoms. The maximum absolute atomic E-state index is 16.0. The van der Waals surface area contributed by atoms with Crippen molar-refractivity contribution in [3.63, 3.8) is 0 Å². The first kappa shape index (κ1) is 40.9. The Morgan fingerprint density at radius 3 is 2.48 bits per heavy atom. The number of carbonyl (C=O) groups excluding carboxylic acids is 4. The predicted octanol–water partition coefficient (Wildman–Crippen LogP) is 3.83. The van der Waals surface area contributed by atoms with Crippen LogP contribution in [0.25, 0.3) is 10.9 Å². The number of anilines is 4. The van der Waals surface area contributed by atoms with E-state index in [0.29, 0.717) is 52.7 Å². The van der Waals surface area contributed by atoms with Crippen LogP contribution in [0.4, 0.5) is 27.5 Å². The summed E-state index contributed by atoms with van der Waals surface area (Å²) >= 11 is 6.58. The molecule has 0 saturated carbocycles. The number of likely N-dealkylation sites (N-methyl/N-ethyl adjacent to an activating group) is 1.